The van der Waals surface area contributed by atoms with Crippen molar-refractivity contribution in [3.8, 4) is 5.75 Å². The number of benzene rings is 2. The molecule has 0 aliphatic carbocycles. The van der Waals surface area contributed by atoms with E-state index in [9.17, 15) is 5.11 Å². The second-order valence-corrected chi connectivity index (χ2v) is 6.09. The Balaban J connectivity index is 2.43. The molecule has 106 valence electrons. The smallest absolute Gasteiger partial charge is 0.122 e. The minimum absolute atomic E-state index is 0.336. The minimum Gasteiger partial charge on any atom is -0.507 e. The van der Waals surface area contributed by atoms with E-state index >= 15 is 0 Å². The molecule has 20 heavy (non-hydrogen) atoms. The lowest BCUT2D eigenvalue weighted by atomic mass is 9.90. The molecule has 0 radical (unpaired) electrons. The molecule has 0 aliphatic rings. The SMILES string of the molecule is CC(C)c1cc(Cc2ccccc2)cc(C(C)C)c1O. The molecule has 0 aromatic heterocycles. The number of phenols is 1. The lowest BCUT2D eigenvalue weighted by molar-refractivity contribution is 0.454. The normalized spacial score (nSPS) is 11.3. The van der Waals surface area contributed by atoms with Crippen molar-refractivity contribution in [1.29, 1.82) is 0 Å². The molecule has 0 unspecified atom stereocenters. The zero-order valence-corrected chi connectivity index (χ0v) is 12.9. The Morgan fingerprint density at radius 2 is 1.30 bits per heavy atom. The summed E-state index contributed by atoms with van der Waals surface area (Å²) in [5, 5.41) is 10.4. The molecule has 1 N–H and O–H groups in total. The molecule has 0 fully saturated rings. The molecule has 2 aromatic carbocycles. The maximum absolute atomic E-state index is 10.4. The van der Waals surface area contributed by atoms with Gasteiger partial charge in [0.15, 0.2) is 0 Å². The lowest BCUT2D eigenvalue weighted by Crippen LogP contribution is -1.99. The van der Waals surface area contributed by atoms with Gasteiger partial charge in [-0.2, -0.15) is 0 Å². The first-order chi connectivity index (χ1) is 9.49. The van der Waals surface area contributed by atoms with E-state index in [1.165, 1.54) is 11.1 Å². The quantitative estimate of drug-likeness (QED) is 0.805. The van der Waals surface area contributed by atoms with Crippen LogP contribution < -0.4 is 0 Å². The zero-order valence-electron chi connectivity index (χ0n) is 12.9. The number of aromatic hydroxyl groups is 1. The number of hydrogen-bond donors (Lipinski definition) is 1. The van der Waals surface area contributed by atoms with Crippen molar-refractivity contribution >= 4 is 0 Å². The van der Waals surface area contributed by atoms with Crippen molar-refractivity contribution in [1.82, 2.24) is 0 Å². The molecular weight excluding hydrogens is 244 g/mol. The molecule has 0 atom stereocenters. The van der Waals surface area contributed by atoms with Gasteiger partial charge >= 0.3 is 0 Å². The summed E-state index contributed by atoms with van der Waals surface area (Å²) in [5.41, 5.74) is 4.70. The average molecular weight is 268 g/mol. The largest absolute Gasteiger partial charge is 0.507 e. The van der Waals surface area contributed by atoms with Gasteiger partial charge in [0, 0.05) is 0 Å². The second-order valence-electron chi connectivity index (χ2n) is 6.09. The van der Waals surface area contributed by atoms with Crippen molar-refractivity contribution in [3.63, 3.8) is 0 Å². The van der Waals surface area contributed by atoms with Crippen LogP contribution in [-0.2, 0) is 6.42 Å². The maximum atomic E-state index is 10.4. The Labute approximate surface area is 122 Å². The van der Waals surface area contributed by atoms with Gasteiger partial charge in [-0.25, -0.2) is 0 Å². The van der Waals surface area contributed by atoms with Crippen LogP contribution in [0.5, 0.6) is 5.75 Å². The van der Waals surface area contributed by atoms with Crippen LogP contribution in [0.2, 0.25) is 0 Å². The molecule has 0 aliphatic heterocycles. The van der Waals surface area contributed by atoms with Crippen LogP contribution in [0.3, 0.4) is 0 Å². The first-order valence-electron chi connectivity index (χ1n) is 7.38. The van der Waals surface area contributed by atoms with E-state index < -0.39 is 0 Å². The van der Waals surface area contributed by atoms with Crippen LogP contribution in [0.15, 0.2) is 42.5 Å². The monoisotopic (exact) mass is 268 g/mol. The van der Waals surface area contributed by atoms with Gasteiger partial charge in [-0.15, -0.1) is 0 Å². The van der Waals surface area contributed by atoms with Crippen LogP contribution in [0.25, 0.3) is 0 Å². The standard InChI is InChI=1S/C19H24O/c1-13(2)17-11-16(10-15-8-6-5-7-9-15)12-18(14(3)4)19(17)20/h5-9,11-14,20H,10H2,1-4H3. The summed E-state index contributed by atoms with van der Waals surface area (Å²) < 4.78 is 0. The summed E-state index contributed by atoms with van der Waals surface area (Å²) in [6.45, 7) is 8.52. The molecule has 0 bridgehead atoms. The van der Waals surface area contributed by atoms with E-state index in [2.05, 4.69) is 64.1 Å². The fourth-order valence-corrected chi connectivity index (χ4v) is 2.56. The molecule has 0 amide bonds. The third-order valence-corrected chi connectivity index (χ3v) is 3.72. The Morgan fingerprint density at radius 3 is 1.75 bits per heavy atom. The number of hydrogen-bond acceptors (Lipinski definition) is 1. The van der Waals surface area contributed by atoms with E-state index in [4.69, 9.17) is 0 Å². The Bertz CT molecular complexity index is 539. The third-order valence-electron chi connectivity index (χ3n) is 3.72. The molecule has 2 rings (SSSR count). The molecule has 2 aromatic rings. The highest BCUT2D eigenvalue weighted by Gasteiger charge is 2.15. The van der Waals surface area contributed by atoms with Gasteiger partial charge < -0.3 is 5.11 Å². The summed E-state index contributed by atoms with van der Waals surface area (Å²) in [6, 6.07) is 14.8. The fourth-order valence-electron chi connectivity index (χ4n) is 2.56. The molecule has 1 nitrogen and oxygen atoms in total. The van der Waals surface area contributed by atoms with Gasteiger partial charge in [-0.3, -0.25) is 0 Å². The second kappa shape index (κ2) is 6.13. The number of phenolic OH excluding ortho intramolecular Hbond substituents is 1. The predicted octanol–water partition coefficient (Wildman–Crippen LogP) is 5.23. The topological polar surface area (TPSA) is 20.2 Å². The molecule has 0 spiro atoms. The van der Waals surface area contributed by atoms with Crippen molar-refractivity contribution < 1.29 is 5.11 Å². The summed E-state index contributed by atoms with van der Waals surface area (Å²) in [5.74, 6) is 1.15. The van der Waals surface area contributed by atoms with E-state index in [-0.39, 0.29) is 0 Å². The van der Waals surface area contributed by atoms with Crippen LogP contribution in [0, 0.1) is 0 Å². The average Bonchev–Trinajstić information content (AvgIpc) is 2.41. The number of rotatable bonds is 4. The van der Waals surface area contributed by atoms with Crippen molar-refractivity contribution in [2.45, 2.75) is 46.0 Å². The first kappa shape index (κ1) is 14.6. The molecule has 0 saturated carbocycles. The van der Waals surface area contributed by atoms with Gasteiger partial charge in [0.25, 0.3) is 0 Å². The van der Waals surface area contributed by atoms with Gasteiger partial charge in [-0.05, 0) is 40.5 Å². The van der Waals surface area contributed by atoms with Gasteiger partial charge in [0.05, 0.1) is 0 Å². The summed E-state index contributed by atoms with van der Waals surface area (Å²) in [6.07, 6.45) is 0.917. The Kier molecular flexibility index (Phi) is 4.49. The van der Waals surface area contributed by atoms with E-state index in [0.717, 1.165) is 17.5 Å². The van der Waals surface area contributed by atoms with E-state index in [1.807, 2.05) is 6.07 Å². The Morgan fingerprint density at radius 1 is 0.800 bits per heavy atom. The predicted molar refractivity (Wildman–Crippen MR) is 85.5 cm³/mol. The highest BCUT2D eigenvalue weighted by Crippen LogP contribution is 2.35. The van der Waals surface area contributed by atoms with Gasteiger partial charge in [0.2, 0.25) is 0 Å². The molecule has 1 heteroatoms. The summed E-state index contributed by atoms with van der Waals surface area (Å²) >= 11 is 0. The highest BCUT2D eigenvalue weighted by molar-refractivity contribution is 5.47. The van der Waals surface area contributed by atoms with Gasteiger partial charge in [-0.1, -0.05) is 70.2 Å². The van der Waals surface area contributed by atoms with E-state index in [1.54, 1.807) is 0 Å². The zero-order chi connectivity index (χ0) is 14.7. The van der Waals surface area contributed by atoms with Crippen molar-refractivity contribution in [3.05, 3.63) is 64.7 Å². The molecular formula is C19H24O. The van der Waals surface area contributed by atoms with Crippen LogP contribution >= 0.6 is 0 Å². The van der Waals surface area contributed by atoms with Crippen molar-refractivity contribution in [2.24, 2.45) is 0 Å². The lowest BCUT2D eigenvalue weighted by Gasteiger charge is -2.17. The van der Waals surface area contributed by atoms with Crippen LogP contribution in [0.1, 0.15) is 61.8 Å². The Hall–Kier alpha value is -1.76. The summed E-state index contributed by atoms with van der Waals surface area (Å²) in [7, 11) is 0. The molecule has 0 heterocycles. The summed E-state index contributed by atoms with van der Waals surface area (Å²) in [4.78, 5) is 0. The fraction of sp³-hybridized carbons (Fsp3) is 0.368. The highest BCUT2D eigenvalue weighted by atomic mass is 16.3. The first-order valence-corrected chi connectivity index (χ1v) is 7.38. The van der Waals surface area contributed by atoms with Crippen LogP contribution in [-0.4, -0.2) is 5.11 Å². The minimum atomic E-state index is 0.336. The molecule has 0 saturated heterocycles. The van der Waals surface area contributed by atoms with Crippen LogP contribution in [0.4, 0.5) is 0 Å². The maximum Gasteiger partial charge on any atom is 0.122 e. The third kappa shape index (κ3) is 3.22. The van der Waals surface area contributed by atoms with Crippen molar-refractivity contribution in [2.75, 3.05) is 0 Å². The van der Waals surface area contributed by atoms with Gasteiger partial charge in [0.1, 0.15) is 5.75 Å². The van der Waals surface area contributed by atoms with E-state index in [0.29, 0.717) is 17.6 Å².